The monoisotopic (exact) mass is 478 g/mol. The summed E-state index contributed by atoms with van der Waals surface area (Å²) in [7, 11) is -3.42. The first-order valence-electron chi connectivity index (χ1n) is 9.83. The van der Waals surface area contributed by atoms with Gasteiger partial charge in [-0.25, -0.2) is 21.9 Å². The van der Waals surface area contributed by atoms with Crippen LogP contribution in [-0.2, 0) is 9.84 Å². The number of nitrogens with one attached hydrogen (secondary N) is 1. The van der Waals surface area contributed by atoms with E-state index in [2.05, 4.69) is 10.4 Å². The SMILES string of the molecule is CS(=O)(=O)c1ccc(-c2nn(-c3cccc(C#N)c3)cc2C(=O)Nc2ccc(F)c(F)c2)cc1. The number of anilines is 1. The van der Waals surface area contributed by atoms with E-state index < -0.39 is 27.4 Å². The Morgan fingerprint density at radius 2 is 1.76 bits per heavy atom. The normalized spacial score (nSPS) is 11.1. The van der Waals surface area contributed by atoms with Crippen molar-refractivity contribution in [3.63, 3.8) is 0 Å². The fourth-order valence-electron chi connectivity index (χ4n) is 3.24. The summed E-state index contributed by atoms with van der Waals surface area (Å²) >= 11 is 0. The fraction of sp³-hybridized carbons (Fsp3) is 0.0417. The van der Waals surface area contributed by atoms with Crippen molar-refractivity contribution in [1.29, 1.82) is 5.26 Å². The van der Waals surface area contributed by atoms with Crippen LogP contribution in [0.1, 0.15) is 15.9 Å². The van der Waals surface area contributed by atoms with Crippen LogP contribution < -0.4 is 5.32 Å². The zero-order valence-electron chi connectivity index (χ0n) is 17.7. The Bertz CT molecular complexity index is 1560. The number of rotatable bonds is 5. The summed E-state index contributed by atoms with van der Waals surface area (Å²) in [5.41, 5.74) is 1.72. The first-order chi connectivity index (χ1) is 16.2. The van der Waals surface area contributed by atoms with Crippen LogP contribution in [0.2, 0.25) is 0 Å². The molecule has 34 heavy (non-hydrogen) atoms. The highest BCUT2D eigenvalue weighted by atomic mass is 32.2. The summed E-state index contributed by atoms with van der Waals surface area (Å²) in [5.74, 6) is -2.80. The molecule has 0 bridgehead atoms. The Balaban J connectivity index is 1.79. The summed E-state index contributed by atoms with van der Waals surface area (Å²) in [5, 5.41) is 16.2. The molecule has 1 heterocycles. The lowest BCUT2D eigenvalue weighted by molar-refractivity contribution is 0.102. The quantitative estimate of drug-likeness (QED) is 0.459. The van der Waals surface area contributed by atoms with E-state index in [0.29, 0.717) is 16.8 Å². The topological polar surface area (TPSA) is 105 Å². The molecule has 1 N–H and O–H groups in total. The fourth-order valence-corrected chi connectivity index (χ4v) is 3.87. The average molecular weight is 478 g/mol. The van der Waals surface area contributed by atoms with Gasteiger partial charge in [0.25, 0.3) is 5.91 Å². The van der Waals surface area contributed by atoms with Crippen molar-refractivity contribution in [3.05, 3.63) is 95.7 Å². The maximum Gasteiger partial charge on any atom is 0.259 e. The summed E-state index contributed by atoms with van der Waals surface area (Å²) in [4.78, 5) is 13.2. The molecule has 1 amide bonds. The predicted octanol–water partition coefficient (Wildman–Crippen LogP) is 4.34. The Morgan fingerprint density at radius 3 is 2.41 bits per heavy atom. The standard InChI is InChI=1S/C24H16F2N4O3S/c1-34(32,33)19-8-5-16(6-9-19)23-20(24(31)28-17-7-10-21(25)22(26)12-17)14-30(29-23)18-4-2-3-15(11-18)13-27/h2-12,14H,1H3,(H,28,31). The first-order valence-corrected chi connectivity index (χ1v) is 11.7. The third-order valence-electron chi connectivity index (χ3n) is 4.93. The summed E-state index contributed by atoms with van der Waals surface area (Å²) < 4.78 is 51.8. The predicted molar refractivity (Wildman–Crippen MR) is 121 cm³/mol. The lowest BCUT2D eigenvalue weighted by Gasteiger charge is -2.06. The number of amides is 1. The van der Waals surface area contributed by atoms with Gasteiger partial charge in [0.15, 0.2) is 21.5 Å². The van der Waals surface area contributed by atoms with Crippen molar-refractivity contribution in [2.75, 3.05) is 11.6 Å². The van der Waals surface area contributed by atoms with Gasteiger partial charge in [0, 0.05) is 29.8 Å². The molecule has 0 atom stereocenters. The van der Waals surface area contributed by atoms with Crippen molar-refractivity contribution >= 4 is 21.4 Å². The zero-order valence-corrected chi connectivity index (χ0v) is 18.5. The Kier molecular flexibility index (Phi) is 5.96. The number of aromatic nitrogens is 2. The van der Waals surface area contributed by atoms with Crippen molar-refractivity contribution in [1.82, 2.24) is 9.78 Å². The van der Waals surface area contributed by atoms with E-state index >= 15 is 0 Å². The van der Waals surface area contributed by atoms with Gasteiger partial charge in [0.1, 0.15) is 5.69 Å². The number of hydrogen-bond acceptors (Lipinski definition) is 5. The molecule has 0 aliphatic heterocycles. The third kappa shape index (κ3) is 4.69. The lowest BCUT2D eigenvalue weighted by Crippen LogP contribution is -2.12. The molecule has 7 nitrogen and oxygen atoms in total. The number of carbonyl (C=O) groups excluding carboxylic acids is 1. The number of nitrogens with zero attached hydrogens (tertiary/aromatic N) is 3. The molecule has 0 aliphatic rings. The highest BCUT2D eigenvalue weighted by Gasteiger charge is 2.20. The van der Waals surface area contributed by atoms with E-state index in [1.165, 1.54) is 41.2 Å². The van der Waals surface area contributed by atoms with Gasteiger partial charge in [0.2, 0.25) is 0 Å². The molecular formula is C24H16F2N4O3S. The second-order valence-corrected chi connectivity index (χ2v) is 9.39. The summed E-state index contributed by atoms with van der Waals surface area (Å²) in [6.07, 6.45) is 2.52. The van der Waals surface area contributed by atoms with Gasteiger partial charge in [0.05, 0.1) is 27.8 Å². The number of hydrogen-bond donors (Lipinski definition) is 1. The van der Waals surface area contributed by atoms with Gasteiger partial charge < -0.3 is 5.32 Å². The summed E-state index contributed by atoms with van der Waals surface area (Å²) in [6, 6.07) is 17.4. The molecule has 0 spiro atoms. The minimum Gasteiger partial charge on any atom is -0.322 e. The Hall–Kier alpha value is -4.36. The highest BCUT2D eigenvalue weighted by Crippen LogP contribution is 2.26. The van der Waals surface area contributed by atoms with Gasteiger partial charge in [-0.2, -0.15) is 10.4 Å². The van der Waals surface area contributed by atoms with Gasteiger partial charge in [-0.05, 0) is 42.5 Å². The van der Waals surface area contributed by atoms with E-state index in [-0.39, 0.29) is 21.8 Å². The molecular weight excluding hydrogens is 462 g/mol. The molecule has 0 aliphatic carbocycles. The number of halogens is 2. The molecule has 4 aromatic rings. The van der Waals surface area contributed by atoms with Gasteiger partial charge in [-0.15, -0.1) is 0 Å². The summed E-state index contributed by atoms with van der Waals surface area (Å²) in [6.45, 7) is 0. The molecule has 0 saturated carbocycles. The smallest absolute Gasteiger partial charge is 0.259 e. The highest BCUT2D eigenvalue weighted by molar-refractivity contribution is 7.90. The molecule has 0 radical (unpaired) electrons. The van der Waals surface area contributed by atoms with E-state index in [9.17, 15) is 27.3 Å². The van der Waals surface area contributed by atoms with Crippen molar-refractivity contribution in [3.8, 4) is 23.0 Å². The van der Waals surface area contributed by atoms with Crippen LogP contribution in [0.4, 0.5) is 14.5 Å². The van der Waals surface area contributed by atoms with Crippen LogP contribution in [0.25, 0.3) is 16.9 Å². The molecule has 0 fully saturated rings. The molecule has 1 aromatic heterocycles. The maximum atomic E-state index is 13.6. The second kappa shape index (κ2) is 8.88. The largest absolute Gasteiger partial charge is 0.322 e. The molecule has 10 heteroatoms. The van der Waals surface area contributed by atoms with E-state index in [4.69, 9.17) is 0 Å². The minimum atomic E-state index is -3.42. The molecule has 4 rings (SSSR count). The number of benzene rings is 3. The van der Waals surface area contributed by atoms with E-state index in [1.54, 1.807) is 24.3 Å². The average Bonchev–Trinajstić information content (AvgIpc) is 3.27. The second-order valence-electron chi connectivity index (χ2n) is 7.38. The van der Waals surface area contributed by atoms with Crippen LogP contribution in [-0.4, -0.2) is 30.4 Å². The number of sulfone groups is 1. The molecule has 170 valence electrons. The molecule has 0 unspecified atom stereocenters. The van der Waals surface area contributed by atoms with Gasteiger partial charge >= 0.3 is 0 Å². The van der Waals surface area contributed by atoms with E-state index in [1.807, 2.05) is 6.07 Å². The third-order valence-corrected chi connectivity index (χ3v) is 6.06. The van der Waals surface area contributed by atoms with Crippen LogP contribution in [0, 0.1) is 23.0 Å². The maximum absolute atomic E-state index is 13.6. The number of carbonyl (C=O) groups is 1. The Labute approximate surface area is 193 Å². The first kappa shape index (κ1) is 22.8. The molecule has 3 aromatic carbocycles. The molecule has 0 saturated heterocycles. The van der Waals surface area contributed by atoms with Crippen molar-refractivity contribution in [2.45, 2.75) is 4.90 Å². The lowest BCUT2D eigenvalue weighted by atomic mass is 10.1. The van der Waals surface area contributed by atoms with Crippen molar-refractivity contribution in [2.24, 2.45) is 0 Å². The van der Waals surface area contributed by atoms with Crippen LogP contribution in [0.15, 0.2) is 77.8 Å². The Morgan fingerprint density at radius 1 is 1.03 bits per heavy atom. The van der Waals surface area contributed by atoms with E-state index in [0.717, 1.165) is 18.4 Å². The van der Waals surface area contributed by atoms with Crippen molar-refractivity contribution < 1.29 is 22.0 Å². The van der Waals surface area contributed by atoms with Crippen LogP contribution >= 0.6 is 0 Å². The van der Waals surface area contributed by atoms with Gasteiger partial charge in [-0.3, -0.25) is 4.79 Å². The van der Waals surface area contributed by atoms with Gasteiger partial charge in [-0.1, -0.05) is 18.2 Å². The van der Waals surface area contributed by atoms with Crippen LogP contribution in [0.3, 0.4) is 0 Å². The zero-order chi connectivity index (χ0) is 24.5. The number of nitriles is 1. The van der Waals surface area contributed by atoms with Crippen LogP contribution in [0.5, 0.6) is 0 Å². The minimum absolute atomic E-state index is 0.0431.